The molecule has 0 saturated heterocycles. The third-order valence-corrected chi connectivity index (χ3v) is 3.98. The third-order valence-electron chi connectivity index (χ3n) is 3.98. The predicted molar refractivity (Wildman–Crippen MR) is 104 cm³/mol. The molecule has 0 aliphatic carbocycles. The number of carbonyl (C=O) groups is 2. The Morgan fingerprint density at radius 2 is 1.72 bits per heavy atom. The summed E-state index contributed by atoms with van der Waals surface area (Å²) in [6, 6.07) is 14.2. The summed E-state index contributed by atoms with van der Waals surface area (Å²) in [5.41, 5.74) is 1.17. The zero-order valence-corrected chi connectivity index (χ0v) is 16.0. The lowest BCUT2D eigenvalue weighted by atomic mass is 10.2. The van der Waals surface area contributed by atoms with E-state index in [1.807, 2.05) is 30.3 Å². The number of rotatable bonds is 8. The van der Waals surface area contributed by atoms with Crippen LogP contribution in [0.3, 0.4) is 0 Å². The Kier molecular flexibility index (Phi) is 6.47. The van der Waals surface area contributed by atoms with Gasteiger partial charge in [-0.25, -0.2) is 4.98 Å². The number of esters is 1. The summed E-state index contributed by atoms with van der Waals surface area (Å²) in [7, 11) is 2.97. The van der Waals surface area contributed by atoms with Crippen LogP contribution in [0, 0.1) is 0 Å². The Morgan fingerprint density at radius 3 is 2.38 bits per heavy atom. The zero-order valence-electron chi connectivity index (χ0n) is 16.0. The van der Waals surface area contributed by atoms with Gasteiger partial charge in [-0.2, -0.15) is 0 Å². The van der Waals surface area contributed by atoms with Gasteiger partial charge < -0.3 is 23.9 Å². The lowest BCUT2D eigenvalue weighted by Gasteiger charge is -2.09. The molecule has 0 aliphatic rings. The quantitative estimate of drug-likeness (QED) is 0.585. The van der Waals surface area contributed by atoms with Crippen LogP contribution < -0.4 is 14.8 Å². The normalized spacial score (nSPS) is 10.3. The number of aromatic nitrogens is 1. The molecule has 1 amide bonds. The minimum atomic E-state index is -0.618. The molecule has 29 heavy (non-hydrogen) atoms. The number of carbonyl (C=O) groups excluding carboxylic acids is 2. The number of methoxy groups -OCH3 is 2. The van der Waals surface area contributed by atoms with E-state index in [2.05, 4.69) is 10.3 Å². The third kappa shape index (κ3) is 5.35. The van der Waals surface area contributed by atoms with Crippen LogP contribution in [0.15, 0.2) is 59.1 Å². The smallest absolute Gasteiger partial charge is 0.325 e. The Labute approximate surface area is 167 Å². The second-order valence-electron chi connectivity index (χ2n) is 5.93. The molecule has 8 nitrogen and oxygen atoms in total. The maximum atomic E-state index is 12.3. The number of ether oxygens (including phenoxy) is 3. The average Bonchev–Trinajstić information content (AvgIpc) is 3.25. The summed E-state index contributed by atoms with van der Waals surface area (Å²) in [5.74, 6) is 0.706. The molecule has 3 rings (SSSR count). The van der Waals surface area contributed by atoms with Gasteiger partial charge in [0.2, 0.25) is 5.89 Å². The molecular formula is C21H20N2O6. The van der Waals surface area contributed by atoms with Gasteiger partial charge in [0.05, 0.1) is 20.4 Å². The van der Waals surface area contributed by atoms with E-state index in [9.17, 15) is 9.59 Å². The number of nitrogens with zero attached hydrogens (tertiary/aromatic N) is 1. The number of nitrogens with one attached hydrogen (secondary N) is 1. The Balaban J connectivity index is 1.50. The molecule has 0 atom stereocenters. The second kappa shape index (κ2) is 9.41. The van der Waals surface area contributed by atoms with Gasteiger partial charge in [-0.15, -0.1) is 0 Å². The molecule has 0 aliphatic heterocycles. The van der Waals surface area contributed by atoms with E-state index in [0.717, 1.165) is 5.56 Å². The molecular weight excluding hydrogens is 376 g/mol. The summed E-state index contributed by atoms with van der Waals surface area (Å²) in [6.07, 6.45) is 1.57. The summed E-state index contributed by atoms with van der Waals surface area (Å²) < 4.78 is 20.9. The molecule has 0 unspecified atom stereocenters. The first-order valence-electron chi connectivity index (χ1n) is 8.76. The lowest BCUT2D eigenvalue weighted by Crippen LogP contribution is -2.30. The van der Waals surface area contributed by atoms with Gasteiger partial charge in [0.25, 0.3) is 5.91 Å². The van der Waals surface area contributed by atoms with E-state index < -0.39 is 11.9 Å². The van der Waals surface area contributed by atoms with Crippen molar-refractivity contribution < 1.29 is 28.2 Å². The fourth-order valence-corrected chi connectivity index (χ4v) is 2.50. The summed E-state index contributed by atoms with van der Waals surface area (Å²) in [6.45, 7) is -0.431. The molecule has 0 saturated carbocycles. The van der Waals surface area contributed by atoms with Crippen LogP contribution in [0.4, 0.5) is 0 Å². The standard InChI is InChI=1S/C21H20N2O6/c1-26-16-8-15(9-17(10-16)27-2)21(25)23-12-20(24)28-13-19-22-11-18(29-19)14-6-4-3-5-7-14/h3-11H,12-13H2,1-2H3,(H,23,25). The van der Waals surface area contributed by atoms with Gasteiger partial charge in [0, 0.05) is 17.2 Å². The van der Waals surface area contributed by atoms with Gasteiger partial charge in [-0.05, 0) is 12.1 Å². The van der Waals surface area contributed by atoms with Crippen molar-refractivity contribution in [1.29, 1.82) is 0 Å². The topological polar surface area (TPSA) is 99.9 Å². The SMILES string of the molecule is COc1cc(OC)cc(C(=O)NCC(=O)OCc2ncc(-c3ccccc3)o2)c1. The second-order valence-corrected chi connectivity index (χ2v) is 5.93. The molecule has 3 aromatic rings. The van der Waals surface area contributed by atoms with E-state index in [1.54, 1.807) is 24.4 Å². The van der Waals surface area contributed by atoms with Crippen LogP contribution >= 0.6 is 0 Å². The van der Waals surface area contributed by atoms with Crippen LogP contribution in [0.25, 0.3) is 11.3 Å². The monoisotopic (exact) mass is 396 g/mol. The fourth-order valence-electron chi connectivity index (χ4n) is 2.50. The van der Waals surface area contributed by atoms with Crippen molar-refractivity contribution in [2.75, 3.05) is 20.8 Å². The Morgan fingerprint density at radius 1 is 1.03 bits per heavy atom. The molecule has 1 N–H and O–H groups in total. The number of oxazole rings is 1. The lowest BCUT2D eigenvalue weighted by molar-refractivity contribution is -0.144. The van der Waals surface area contributed by atoms with Crippen molar-refractivity contribution >= 4 is 11.9 Å². The van der Waals surface area contributed by atoms with Gasteiger partial charge in [0.15, 0.2) is 12.4 Å². The van der Waals surface area contributed by atoms with Gasteiger partial charge in [0.1, 0.15) is 18.0 Å². The maximum Gasteiger partial charge on any atom is 0.325 e. The molecule has 0 fully saturated rings. The van der Waals surface area contributed by atoms with Crippen molar-refractivity contribution in [3.8, 4) is 22.8 Å². The number of benzene rings is 2. The van der Waals surface area contributed by atoms with Gasteiger partial charge in [-0.3, -0.25) is 9.59 Å². The number of amides is 1. The largest absolute Gasteiger partial charge is 0.497 e. The predicted octanol–water partition coefficient (Wildman–Crippen LogP) is 2.83. The minimum absolute atomic E-state index is 0.130. The van der Waals surface area contributed by atoms with E-state index >= 15 is 0 Å². The summed E-state index contributed by atoms with van der Waals surface area (Å²) >= 11 is 0. The van der Waals surface area contributed by atoms with Crippen molar-refractivity contribution in [3.05, 3.63) is 66.2 Å². The van der Waals surface area contributed by atoms with Crippen LogP contribution in [0.2, 0.25) is 0 Å². The molecule has 1 aromatic heterocycles. The van der Waals surface area contributed by atoms with Gasteiger partial charge >= 0.3 is 5.97 Å². The van der Waals surface area contributed by atoms with Crippen LogP contribution in [0.1, 0.15) is 16.2 Å². The molecule has 1 heterocycles. The van der Waals surface area contributed by atoms with Gasteiger partial charge in [-0.1, -0.05) is 30.3 Å². The summed E-state index contributed by atoms with van der Waals surface area (Å²) in [5, 5.41) is 2.49. The van der Waals surface area contributed by atoms with Crippen LogP contribution in [-0.2, 0) is 16.1 Å². The average molecular weight is 396 g/mol. The number of hydrogen-bond donors (Lipinski definition) is 1. The molecule has 2 aromatic carbocycles. The van der Waals surface area contributed by atoms with Crippen molar-refractivity contribution in [2.45, 2.75) is 6.61 Å². The highest BCUT2D eigenvalue weighted by Crippen LogP contribution is 2.22. The van der Waals surface area contributed by atoms with Crippen LogP contribution in [0.5, 0.6) is 11.5 Å². The number of hydrogen-bond acceptors (Lipinski definition) is 7. The van der Waals surface area contributed by atoms with Crippen molar-refractivity contribution in [2.24, 2.45) is 0 Å². The fraction of sp³-hybridized carbons (Fsp3) is 0.190. The summed E-state index contributed by atoms with van der Waals surface area (Å²) in [4.78, 5) is 28.3. The molecule has 150 valence electrons. The zero-order chi connectivity index (χ0) is 20.6. The van der Waals surface area contributed by atoms with E-state index in [0.29, 0.717) is 22.8 Å². The first-order chi connectivity index (χ1) is 14.1. The Bertz CT molecular complexity index is 962. The highest BCUT2D eigenvalue weighted by Gasteiger charge is 2.13. The minimum Gasteiger partial charge on any atom is -0.497 e. The maximum absolute atomic E-state index is 12.3. The van der Waals surface area contributed by atoms with Crippen molar-refractivity contribution in [1.82, 2.24) is 10.3 Å². The molecule has 0 radical (unpaired) electrons. The van der Waals surface area contributed by atoms with Crippen molar-refractivity contribution in [3.63, 3.8) is 0 Å². The molecule has 8 heteroatoms. The first-order valence-corrected chi connectivity index (χ1v) is 8.76. The van der Waals surface area contributed by atoms with E-state index in [4.69, 9.17) is 18.6 Å². The highest BCUT2D eigenvalue weighted by molar-refractivity contribution is 5.96. The first kappa shape index (κ1) is 19.9. The highest BCUT2D eigenvalue weighted by atomic mass is 16.5. The Hall–Kier alpha value is -3.81. The molecule has 0 spiro atoms. The van der Waals surface area contributed by atoms with Crippen LogP contribution in [-0.4, -0.2) is 37.6 Å². The van der Waals surface area contributed by atoms with E-state index in [-0.39, 0.29) is 19.0 Å². The molecule has 0 bridgehead atoms. The van der Waals surface area contributed by atoms with E-state index in [1.165, 1.54) is 14.2 Å².